The second-order valence-corrected chi connectivity index (χ2v) is 4.73. The van der Waals surface area contributed by atoms with Gasteiger partial charge in [0, 0.05) is 10.7 Å². The highest BCUT2D eigenvalue weighted by molar-refractivity contribution is 6.31. The van der Waals surface area contributed by atoms with Crippen molar-refractivity contribution < 1.29 is 18.0 Å². The van der Waals surface area contributed by atoms with Gasteiger partial charge >= 0.3 is 6.18 Å². The lowest BCUT2D eigenvalue weighted by Crippen LogP contribution is -2.15. The molecule has 0 bridgehead atoms. The summed E-state index contributed by atoms with van der Waals surface area (Å²) in [4.78, 5) is 19.2. The van der Waals surface area contributed by atoms with Gasteiger partial charge in [0.15, 0.2) is 0 Å². The number of carbonyl (C=O) groups excluding carboxylic acids is 1. The van der Waals surface area contributed by atoms with Crippen LogP contribution in [0.25, 0.3) is 0 Å². The highest BCUT2D eigenvalue weighted by Crippen LogP contribution is 2.33. The molecule has 110 valence electrons. The Morgan fingerprint density at radius 3 is 2.48 bits per heavy atom. The van der Waals surface area contributed by atoms with Crippen LogP contribution in [-0.2, 0) is 6.18 Å². The fraction of sp³-hybridized carbons (Fsp3) is 0.0833. The molecule has 0 fully saturated rings. The van der Waals surface area contributed by atoms with Crippen LogP contribution in [0.2, 0.25) is 10.2 Å². The number of aromatic nitrogens is 2. The van der Waals surface area contributed by atoms with Crippen molar-refractivity contribution in [3.8, 4) is 0 Å². The number of benzene rings is 1. The third-order valence-electron chi connectivity index (χ3n) is 2.32. The van der Waals surface area contributed by atoms with Gasteiger partial charge in [-0.2, -0.15) is 13.2 Å². The molecule has 1 amide bonds. The maximum absolute atomic E-state index is 12.7. The first-order valence-corrected chi connectivity index (χ1v) is 6.18. The van der Waals surface area contributed by atoms with Crippen LogP contribution in [0.4, 0.5) is 18.9 Å². The van der Waals surface area contributed by atoms with Gasteiger partial charge in [-0.05, 0) is 18.2 Å². The number of alkyl halides is 3. The summed E-state index contributed by atoms with van der Waals surface area (Å²) in [7, 11) is 0. The molecule has 1 N–H and O–H groups in total. The van der Waals surface area contributed by atoms with Gasteiger partial charge in [0.2, 0.25) is 0 Å². The summed E-state index contributed by atoms with van der Waals surface area (Å²) >= 11 is 11.2. The number of amides is 1. The molecule has 9 heteroatoms. The van der Waals surface area contributed by atoms with Crippen molar-refractivity contribution >= 4 is 34.8 Å². The van der Waals surface area contributed by atoms with Gasteiger partial charge in [-0.3, -0.25) is 9.78 Å². The summed E-state index contributed by atoms with van der Waals surface area (Å²) in [5.74, 6) is -0.750. The molecule has 2 aromatic rings. The Balaban J connectivity index is 2.27. The molecule has 4 nitrogen and oxygen atoms in total. The van der Waals surface area contributed by atoms with Crippen molar-refractivity contribution in [2.24, 2.45) is 0 Å². The molecular weight excluding hydrogens is 330 g/mol. The van der Waals surface area contributed by atoms with E-state index in [1.165, 1.54) is 12.3 Å². The minimum absolute atomic E-state index is 0.00951. The average Bonchev–Trinajstić information content (AvgIpc) is 2.37. The summed E-state index contributed by atoms with van der Waals surface area (Å²) in [6.07, 6.45) is -2.21. The van der Waals surface area contributed by atoms with Crippen LogP contribution in [0.3, 0.4) is 0 Å². The first-order valence-electron chi connectivity index (χ1n) is 5.42. The molecule has 0 saturated carbocycles. The van der Waals surface area contributed by atoms with Crippen LogP contribution in [0.15, 0.2) is 30.6 Å². The third kappa shape index (κ3) is 4.05. The van der Waals surface area contributed by atoms with Gasteiger partial charge in [-0.15, -0.1) is 0 Å². The summed E-state index contributed by atoms with van der Waals surface area (Å²) < 4.78 is 38.0. The van der Waals surface area contributed by atoms with E-state index < -0.39 is 17.6 Å². The highest BCUT2D eigenvalue weighted by Gasteiger charge is 2.31. The second kappa shape index (κ2) is 5.87. The predicted molar refractivity (Wildman–Crippen MR) is 71.4 cm³/mol. The Labute approximate surface area is 126 Å². The molecule has 0 radical (unpaired) electrons. The minimum atomic E-state index is -4.57. The van der Waals surface area contributed by atoms with Crippen LogP contribution in [0, 0.1) is 0 Å². The molecule has 21 heavy (non-hydrogen) atoms. The van der Waals surface area contributed by atoms with Crippen LogP contribution >= 0.6 is 23.2 Å². The van der Waals surface area contributed by atoms with E-state index in [9.17, 15) is 18.0 Å². The van der Waals surface area contributed by atoms with E-state index >= 15 is 0 Å². The largest absolute Gasteiger partial charge is 0.416 e. The predicted octanol–water partition coefficient (Wildman–Crippen LogP) is 4.05. The first kappa shape index (κ1) is 15.5. The fourth-order valence-electron chi connectivity index (χ4n) is 1.47. The zero-order valence-electron chi connectivity index (χ0n) is 10.1. The standard InChI is InChI=1S/C12H6Cl2F3N3O/c13-7-1-6(12(15,16)17)2-8(3-7)19-11(21)9-4-18-5-10(14)20-9/h1-5H,(H,19,21). The molecule has 1 aromatic heterocycles. The van der Waals surface area contributed by atoms with Crippen molar-refractivity contribution in [1.82, 2.24) is 9.97 Å². The zero-order valence-corrected chi connectivity index (χ0v) is 11.6. The molecule has 0 aliphatic carbocycles. The molecule has 0 aliphatic heterocycles. The Morgan fingerprint density at radius 2 is 1.86 bits per heavy atom. The van der Waals surface area contributed by atoms with E-state index in [0.717, 1.165) is 18.3 Å². The van der Waals surface area contributed by atoms with Gasteiger partial charge in [-0.1, -0.05) is 23.2 Å². The number of nitrogens with zero attached hydrogens (tertiary/aromatic N) is 2. The van der Waals surface area contributed by atoms with Gasteiger partial charge in [0.05, 0.1) is 18.0 Å². The number of halogens is 5. The molecule has 1 heterocycles. The van der Waals surface area contributed by atoms with E-state index in [1.54, 1.807) is 0 Å². The molecule has 0 aliphatic rings. The molecule has 0 atom stereocenters. The summed E-state index contributed by atoms with van der Waals surface area (Å²) in [6, 6.07) is 2.71. The zero-order chi connectivity index (χ0) is 15.6. The van der Waals surface area contributed by atoms with Gasteiger partial charge in [0.1, 0.15) is 10.8 Å². The van der Waals surface area contributed by atoms with E-state index in [-0.39, 0.29) is 21.6 Å². The lowest BCUT2D eigenvalue weighted by atomic mass is 10.2. The first-order chi connectivity index (χ1) is 9.75. The highest BCUT2D eigenvalue weighted by atomic mass is 35.5. The Kier molecular flexibility index (Phi) is 4.34. The quantitative estimate of drug-likeness (QED) is 0.900. The van der Waals surface area contributed by atoms with E-state index in [4.69, 9.17) is 23.2 Å². The number of hydrogen-bond acceptors (Lipinski definition) is 3. The van der Waals surface area contributed by atoms with Crippen LogP contribution in [0.1, 0.15) is 16.1 Å². The maximum Gasteiger partial charge on any atom is 0.416 e. The molecule has 2 rings (SSSR count). The van der Waals surface area contributed by atoms with Crippen molar-refractivity contribution in [3.05, 3.63) is 52.0 Å². The van der Waals surface area contributed by atoms with Crippen LogP contribution in [0.5, 0.6) is 0 Å². The SMILES string of the molecule is O=C(Nc1cc(Cl)cc(C(F)(F)F)c1)c1cncc(Cl)n1. The van der Waals surface area contributed by atoms with Gasteiger partial charge < -0.3 is 5.32 Å². The molecular formula is C12H6Cl2F3N3O. The normalized spacial score (nSPS) is 11.3. The average molecular weight is 336 g/mol. The molecule has 0 unspecified atom stereocenters. The lowest BCUT2D eigenvalue weighted by Gasteiger charge is -2.10. The number of nitrogens with one attached hydrogen (secondary N) is 1. The number of carbonyl (C=O) groups is 1. The van der Waals surface area contributed by atoms with E-state index in [0.29, 0.717) is 0 Å². The summed E-state index contributed by atoms with van der Waals surface area (Å²) in [5.41, 5.74) is -1.21. The number of rotatable bonds is 2. The van der Waals surface area contributed by atoms with Crippen molar-refractivity contribution in [1.29, 1.82) is 0 Å². The van der Waals surface area contributed by atoms with Gasteiger partial charge in [0.25, 0.3) is 5.91 Å². The maximum atomic E-state index is 12.7. The minimum Gasteiger partial charge on any atom is -0.321 e. The second-order valence-electron chi connectivity index (χ2n) is 3.91. The monoisotopic (exact) mass is 335 g/mol. The topological polar surface area (TPSA) is 54.9 Å². The Morgan fingerprint density at radius 1 is 1.14 bits per heavy atom. The number of anilines is 1. The van der Waals surface area contributed by atoms with E-state index in [1.807, 2.05) is 0 Å². The smallest absolute Gasteiger partial charge is 0.321 e. The molecule has 1 aromatic carbocycles. The summed E-state index contributed by atoms with van der Waals surface area (Å²) in [5, 5.41) is 2.09. The van der Waals surface area contributed by atoms with E-state index in [2.05, 4.69) is 15.3 Å². The number of hydrogen-bond donors (Lipinski definition) is 1. The van der Waals surface area contributed by atoms with Crippen molar-refractivity contribution in [3.63, 3.8) is 0 Å². The Bertz CT molecular complexity index is 692. The summed E-state index contributed by atoms with van der Waals surface area (Å²) in [6.45, 7) is 0. The lowest BCUT2D eigenvalue weighted by molar-refractivity contribution is -0.137. The van der Waals surface area contributed by atoms with Crippen LogP contribution in [-0.4, -0.2) is 15.9 Å². The van der Waals surface area contributed by atoms with Gasteiger partial charge in [-0.25, -0.2) is 4.98 Å². The van der Waals surface area contributed by atoms with Crippen molar-refractivity contribution in [2.75, 3.05) is 5.32 Å². The third-order valence-corrected chi connectivity index (χ3v) is 2.72. The molecule has 0 spiro atoms. The Hall–Kier alpha value is -1.86. The molecule has 0 saturated heterocycles. The fourth-order valence-corrected chi connectivity index (χ4v) is 1.85. The van der Waals surface area contributed by atoms with Crippen molar-refractivity contribution in [2.45, 2.75) is 6.18 Å². The van der Waals surface area contributed by atoms with Crippen LogP contribution < -0.4 is 5.32 Å².